The molecule has 2 rings (SSSR count). The van der Waals surface area contributed by atoms with Crippen LogP contribution in [0.25, 0.3) is 0 Å². The summed E-state index contributed by atoms with van der Waals surface area (Å²) in [5.41, 5.74) is 2.43. The van der Waals surface area contributed by atoms with Crippen LogP contribution in [0.1, 0.15) is 17.8 Å². The van der Waals surface area contributed by atoms with Gasteiger partial charge in [-0.05, 0) is 32.5 Å². The number of halogens is 1. The Morgan fingerprint density at radius 3 is 2.61 bits per heavy atom. The summed E-state index contributed by atoms with van der Waals surface area (Å²) in [6, 6.07) is 2.20. The highest BCUT2D eigenvalue weighted by Crippen LogP contribution is 2.10. The first-order chi connectivity index (χ1) is 8.69. The van der Waals surface area contributed by atoms with Gasteiger partial charge in [0.15, 0.2) is 0 Å². The lowest BCUT2D eigenvalue weighted by molar-refractivity contribution is 0.253. The van der Waals surface area contributed by atoms with E-state index in [1.807, 2.05) is 11.7 Å². The summed E-state index contributed by atoms with van der Waals surface area (Å²) >= 11 is 3.52. The average Bonchev–Trinajstić information content (AvgIpc) is 2.52. The number of hydrogen-bond donors (Lipinski definition) is 0. The van der Waals surface area contributed by atoms with Crippen LogP contribution >= 0.6 is 15.9 Å². The number of aryl methyl sites for hydroxylation is 2. The maximum atomic E-state index is 4.42. The fourth-order valence-electron chi connectivity index (χ4n) is 2.57. The van der Waals surface area contributed by atoms with Crippen LogP contribution in [0.3, 0.4) is 0 Å². The molecule has 0 radical (unpaired) electrons. The van der Waals surface area contributed by atoms with Gasteiger partial charge in [0.05, 0.1) is 11.4 Å². The molecule has 1 aliphatic heterocycles. The van der Waals surface area contributed by atoms with E-state index in [1.54, 1.807) is 0 Å². The molecule has 5 heteroatoms. The predicted octanol–water partition coefficient (Wildman–Crippen LogP) is 1.63. The number of aromatic nitrogens is 2. The third kappa shape index (κ3) is 3.80. The van der Waals surface area contributed by atoms with Crippen LogP contribution in [0.2, 0.25) is 0 Å². The van der Waals surface area contributed by atoms with Gasteiger partial charge in [-0.15, -0.1) is 0 Å². The van der Waals surface area contributed by atoms with Crippen LogP contribution in [-0.2, 0) is 13.6 Å². The van der Waals surface area contributed by atoms with Crippen molar-refractivity contribution in [1.82, 2.24) is 19.6 Å². The molecule has 0 bridgehead atoms. The van der Waals surface area contributed by atoms with E-state index in [2.05, 4.69) is 43.8 Å². The summed E-state index contributed by atoms with van der Waals surface area (Å²) in [5.74, 6) is 0. The zero-order valence-corrected chi connectivity index (χ0v) is 13.0. The van der Waals surface area contributed by atoms with Gasteiger partial charge in [0.1, 0.15) is 0 Å². The summed E-state index contributed by atoms with van der Waals surface area (Å²) in [7, 11) is 2.04. The van der Waals surface area contributed by atoms with Crippen LogP contribution in [0.5, 0.6) is 0 Å². The Bertz CT molecular complexity index is 377. The quantitative estimate of drug-likeness (QED) is 0.790. The number of rotatable bonds is 4. The van der Waals surface area contributed by atoms with Gasteiger partial charge in [-0.25, -0.2) is 0 Å². The van der Waals surface area contributed by atoms with Crippen molar-refractivity contribution in [3.8, 4) is 0 Å². The second-order valence-corrected chi connectivity index (χ2v) is 5.85. The number of nitrogens with zero attached hydrogens (tertiary/aromatic N) is 4. The van der Waals surface area contributed by atoms with Crippen LogP contribution in [0.4, 0.5) is 0 Å². The van der Waals surface area contributed by atoms with E-state index < -0.39 is 0 Å². The lowest BCUT2D eigenvalue weighted by Gasteiger charge is -2.21. The van der Waals surface area contributed by atoms with Crippen LogP contribution in [0, 0.1) is 6.92 Å². The summed E-state index contributed by atoms with van der Waals surface area (Å²) in [6.07, 6.45) is 1.27. The monoisotopic (exact) mass is 314 g/mol. The molecule has 0 saturated carbocycles. The molecule has 18 heavy (non-hydrogen) atoms. The van der Waals surface area contributed by atoms with Crippen molar-refractivity contribution in [1.29, 1.82) is 0 Å². The molecule has 1 saturated heterocycles. The molecule has 0 unspecified atom stereocenters. The van der Waals surface area contributed by atoms with Gasteiger partial charge in [-0.1, -0.05) is 15.9 Å². The molecule has 0 aromatic carbocycles. The van der Waals surface area contributed by atoms with E-state index in [9.17, 15) is 0 Å². The molecule has 0 N–H and O–H groups in total. The maximum Gasteiger partial charge on any atom is 0.0597 e. The van der Waals surface area contributed by atoms with Gasteiger partial charge in [0.25, 0.3) is 0 Å². The highest BCUT2D eigenvalue weighted by Gasteiger charge is 2.15. The molecular weight excluding hydrogens is 292 g/mol. The second kappa shape index (κ2) is 6.68. The van der Waals surface area contributed by atoms with E-state index in [0.29, 0.717) is 0 Å². The summed E-state index contributed by atoms with van der Waals surface area (Å²) in [5, 5.41) is 5.50. The zero-order chi connectivity index (χ0) is 13.0. The van der Waals surface area contributed by atoms with Crippen LogP contribution < -0.4 is 0 Å². The van der Waals surface area contributed by atoms with Crippen molar-refractivity contribution in [3.05, 3.63) is 17.5 Å². The molecule has 0 atom stereocenters. The van der Waals surface area contributed by atoms with E-state index in [-0.39, 0.29) is 0 Å². The fraction of sp³-hybridized carbons (Fsp3) is 0.769. The standard InChI is InChI=1S/C13H23BrN4/c1-12-10-13(16(2)15-12)11-18-6-3-5-17(7-4-14)8-9-18/h10H,3-9,11H2,1-2H3. The summed E-state index contributed by atoms with van der Waals surface area (Å²) in [6.45, 7) is 9.02. The first-order valence-corrected chi connectivity index (χ1v) is 7.81. The minimum Gasteiger partial charge on any atom is -0.301 e. The molecule has 1 aromatic rings. The predicted molar refractivity (Wildman–Crippen MR) is 78.1 cm³/mol. The van der Waals surface area contributed by atoms with Crippen LogP contribution in [-0.4, -0.2) is 57.6 Å². The van der Waals surface area contributed by atoms with Crippen molar-refractivity contribution in [3.63, 3.8) is 0 Å². The van der Waals surface area contributed by atoms with Crippen molar-refractivity contribution in [2.75, 3.05) is 38.1 Å². The topological polar surface area (TPSA) is 24.3 Å². The molecule has 1 aromatic heterocycles. The Kier molecular flexibility index (Phi) is 5.21. The first kappa shape index (κ1) is 14.0. The van der Waals surface area contributed by atoms with Crippen molar-refractivity contribution >= 4 is 15.9 Å². The van der Waals surface area contributed by atoms with E-state index in [0.717, 1.165) is 24.1 Å². The largest absolute Gasteiger partial charge is 0.301 e. The second-order valence-electron chi connectivity index (χ2n) is 5.06. The smallest absolute Gasteiger partial charge is 0.0597 e. The van der Waals surface area contributed by atoms with Crippen molar-refractivity contribution < 1.29 is 0 Å². The van der Waals surface area contributed by atoms with E-state index in [4.69, 9.17) is 0 Å². The van der Waals surface area contributed by atoms with Crippen molar-refractivity contribution in [2.24, 2.45) is 7.05 Å². The fourth-order valence-corrected chi connectivity index (χ4v) is 3.07. The van der Waals surface area contributed by atoms with E-state index in [1.165, 1.54) is 38.3 Å². The Morgan fingerprint density at radius 1 is 1.22 bits per heavy atom. The highest BCUT2D eigenvalue weighted by molar-refractivity contribution is 9.09. The normalized spacial score (nSPS) is 19.1. The third-order valence-corrected chi connectivity index (χ3v) is 3.92. The minimum absolute atomic E-state index is 1.03. The molecular formula is C13H23BrN4. The Morgan fingerprint density at radius 2 is 1.94 bits per heavy atom. The molecule has 102 valence electrons. The van der Waals surface area contributed by atoms with Crippen LogP contribution in [0.15, 0.2) is 6.07 Å². The molecule has 0 amide bonds. The van der Waals surface area contributed by atoms with Gasteiger partial charge in [0.2, 0.25) is 0 Å². The number of alkyl halides is 1. The van der Waals surface area contributed by atoms with Gasteiger partial charge >= 0.3 is 0 Å². The van der Waals surface area contributed by atoms with Gasteiger partial charge in [-0.3, -0.25) is 9.58 Å². The lowest BCUT2D eigenvalue weighted by Crippen LogP contribution is -2.32. The minimum atomic E-state index is 1.03. The van der Waals surface area contributed by atoms with E-state index >= 15 is 0 Å². The summed E-state index contributed by atoms with van der Waals surface area (Å²) in [4.78, 5) is 5.09. The summed E-state index contributed by atoms with van der Waals surface area (Å²) < 4.78 is 2.01. The SMILES string of the molecule is Cc1cc(CN2CCCN(CCBr)CC2)n(C)n1. The third-order valence-electron chi connectivity index (χ3n) is 3.57. The van der Waals surface area contributed by atoms with Gasteiger partial charge < -0.3 is 4.90 Å². The number of hydrogen-bond acceptors (Lipinski definition) is 3. The maximum absolute atomic E-state index is 4.42. The lowest BCUT2D eigenvalue weighted by atomic mass is 10.3. The molecule has 2 heterocycles. The molecule has 1 fully saturated rings. The van der Waals surface area contributed by atoms with Gasteiger partial charge in [0, 0.05) is 38.6 Å². The molecule has 0 spiro atoms. The molecule has 0 aliphatic carbocycles. The Balaban J connectivity index is 1.88. The zero-order valence-electron chi connectivity index (χ0n) is 11.4. The first-order valence-electron chi connectivity index (χ1n) is 6.69. The Labute approximate surface area is 118 Å². The highest BCUT2D eigenvalue weighted by atomic mass is 79.9. The van der Waals surface area contributed by atoms with Crippen molar-refractivity contribution in [2.45, 2.75) is 19.9 Å². The average molecular weight is 315 g/mol. The molecule has 1 aliphatic rings. The Hall–Kier alpha value is -0.390. The van der Waals surface area contributed by atoms with Gasteiger partial charge in [-0.2, -0.15) is 5.10 Å². The molecule has 4 nitrogen and oxygen atoms in total.